The van der Waals surface area contributed by atoms with Crippen LogP contribution < -0.4 is 15.5 Å². The number of amidine groups is 1. The first kappa shape index (κ1) is 28.9. The fourth-order valence-electron chi connectivity index (χ4n) is 4.84. The zero-order chi connectivity index (χ0) is 26.6. The third-order valence-electron chi connectivity index (χ3n) is 6.80. The molecule has 37 heavy (non-hydrogen) atoms. The van der Waals surface area contributed by atoms with Crippen LogP contribution in [0.25, 0.3) is 0 Å². The van der Waals surface area contributed by atoms with E-state index in [9.17, 15) is 20.4 Å². The van der Waals surface area contributed by atoms with Crippen LogP contribution in [-0.4, -0.2) is 125 Å². The molecule has 2 saturated heterocycles. The zero-order valence-corrected chi connectivity index (χ0v) is 21.9. The Bertz CT molecular complexity index is 876. The largest absolute Gasteiger partial charge is 0.395 e. The van der Waals surface area contributed by atoms with E-state index in [0.717, 1.165) is 64.7 Å². The van der Waals surface area contributed by atoms with E-state index < -0.39 is 0 Å². The Hall–Kier alpha value is -2.67. The first-order valence-corrected chi connectivity index (χ1v) is 13.4. The van der Waals surface area contributed by atoms with Gasteiger partial charge in [0.1, 0.15) is 17.2 Å². The monoisotopic (exact) mass is 520 g/mol. The second-order valence-electron chi connectivity index (χ2n) is 9.43. The van der Waals surface area contributed by atoms with Gasteiger partial charge in [-0.05, 0) is 38.5 Å². The van der Waals surface area contributed by atoms with E-state index in [0.29, 0.717) is 47.9 Å². The second kappa shape index (κ2) is 14.9. The van der Waals surface area contributed by atoms with E-state index in [4.69, 9.17) is 20.7 Å². The summed E-state index contributed by atoms with van der Waals surface area (Å²) in [6.45, 7) is 8.11. The lowest BCUT2D eigenvalue weighted by atomic mass is 10.1. The molecule has 0 atom stereocenters. The highest BCUT2D eigenvalue weighted by atomic mass is 16.3. The number of aliphatic hydroxyl groups excluding tert-OH is 4. The zero-order valence-electron chi connectivity index (χ0n) is 21.9. The molecule has 0 radical (unpaired) electrons. The van der Waals surface area contributed by atoms with Crippen molar-refractivity contribution in [3.63, 3.8) is 0 Å². The van der Waals surface area contributed by atoms with Crippen LogP contribution in [0.15, 0.2) is 17.4 Å². The van der Waals surface area contributed by atoms with E-state index in [-0.39, 0.29) is 39.5 Å². The number of aromatic nitrogens is 2. The Kier molecular flexibility index (Phi) is 11.6. The molecule has 0 saturated carbocycles. The lowest BCUT2D eigenvalue weighted by Gasteiger charge is -2.34. The number of nitrogen functional groups attached to an aromatic ring is 1. The Labute approximate surface area is 219 Å². The van der Waals surface area contributed by atoms with Gasteiger partial charge >= 0.3 is 0 Å². The average molecular weight is 521 g/mol. The molecule has 3 heterocycles. The summed E-state index contributed by atoms with van der Waals surface area (Å²) < 4.78 is 0. The minimum Gasteiger partial charge on any atom is -0.395 e. The highest BCUT2D eigenvalue weighted by molar-refractivity contribution is 6.04. The molecule has 208 valence electrons. The molecule has 2 fully saturated rings. The molecule has 1 aromatic heterocycles. The van der Waals surface area contributed by atoms with Gasteiger partial charge in [0.2, 0.25) is 5.95 Å². The standard InChI is InChI=1S/C25H44N8O4/c1-20(30(12-16-34)13-17-35)27-24(32-10-6-3-7-11-32)22-21(26)23(31-8-4-2-5-9-31)29-25(28-22)33(14-18-36)15-19-37/h34-37H,1-19,26H2/b27-24+. The van der Waals surface area contributed by atoms with Crippen LogP contribution >= 0.6 is 0 Å². The summed E-state index contributed by atoms with van der Waals surface area (Å²) >= 11 is 0. The molecule has 0 aliphatic carbocycles. The van der Waals surface area contributed by atoms with Crippen molar-refractivity contribution in [2.75, 3.05) is 94.3 Å². The second-order valence-corrected chi connectivity index (χ2v) is 9.43. The number of rotatable bonds is 13. The summed E-state index contributed by atoms with van der Waals surface area (Å²) in [6.07, 6.45) is 6.42. The maximum atomic E-state index is 9.66. The van der Waals surface area contributed by atoms with E-state index in [2.05, 4.69) is 16.4 Å². The van der Waals surface area contributed by atoms with Crippen LogP contribution in [0.5, 0.6) is 0 Å². The fraction of sp³-hybridized carbons (Fsp3) is 0.720. The summed E-state index contributed by atoms with van der Waals surface area (Å²) in [7, 11) is 0. The normalized spacial score (nSPS) is 16.7. The predicted molar refractivity (Wildman–Crippen MR) is 146 cm³/mol. The highest BCUT2D eigenvalue weighted by Crippen LogP contribution is 2.31. The van der Waals surface area contributed by atoms with E-state index in [1.165, 1.54) is 0 Å². The molecule has 0 bridgehead atoms. The van der Waals surface area contributed by atoms with Crippen LogP contribution in [-0.2, 0) is 0 Å². The van der Waals surface area contributed by atoms with Gasteiger partial charge in [-0.25, -0.2) is 9.98 Å². The van der Waals surface area contributed by atoms with Crippen LogP contribution in [0, 0.1) is 0 Å². The van der Waals surface area contributed by atoms with Crippen molar-refractivity contribution >= 4 is 23.3 Å². The topological polar surface area (TPSA) is 158 Å². The fourth-order valence-corrected chi connectivity index (χ4v) is 4.84. The summed E-state index contributed by atoms with van der Waals surface area (Å²) in [4.78, 5) is 22.4. The smallest absolute Gasteiger partial charge is 0.228 e. The third kappa shape index (κ3) is 7.67. The van der Waals surface area contributed by atoms with E-state index in [1.807, 2.05) is 0 Å². The van der Waals surface area contributed by atoms with Crippen molar-refractivity contribution in [3.8, 4) is 0 Å². The van der Waals surface area contributed by atoms with Crippen molar-refractivity contribution in [2.24, 2.45) is 4.99 Å². The van der Waals surface area contributed by atoms with Crippen LogP contribution in [0.3, 0.4) is 0 Å². The van der Waals surface area contributed by atoms with Crippen molar-refractivity contribution in [2.45, 2.75) is 38.5 Å². The van der Waals surface area contributed by atoms with Gasteiger partial charge in [-0.3, -0.25) is 0 Å². The molecule has 2 aliphatic heterocycles. The number of hydrogen-bond acceptors (Lipinski definition) is 11. The molecule has 12 heteroatoms. The summed E-state index contributed by atoms with van der Waals surface area (Å²) in [6, 6.07) is 0. The number of likely N-dealkylation sites (tertiary alicyclic amines) is 1. The number of hydrogen-bond donors (Lipinski definition) is 5. The van der Waals surface area contributed by atoms with Crippen molar-refractivity contribution < 1.29 is 20.4 Å². The molecular weight excluding hydrogens is 476 g/mol. The van der Waals surface area contributed by atoms with Gasteiger partial charge in [-0.15, -0.1) is 0 Å². The SMILES string of the molecule is C=C(/N=C(\c1nc(N(CCO)CCO)nc(N2CCCCC2)c1N)N1CCCCC1)N(CCO)CCO. The van der Waals surface area contributed by atoms with Gasteiger partial charge < -0.3 is 45.8 Å². The van der Waals surface area contributed by atoms with Gasteiger partial charge in [0.05, 0.1) is 26.4 Å². The molecule has 0 unspecified atom stereocenters. The average Bonchev–Trinajstić information content (AvgIpc) is 2.92. The van der Waals surface area contributed by atoms with Crippen molar-refractivity contribution in [1.82, 2.24) is 19.8 Å². The Morgan fingerprint density at radius 3 is 1.89 bits per heavy atom. The van der Waals surface area contributed by atoms with Crippen molar-refractivity contribution in [1.29, 1.82) is 0 Å². The van der Waals surface area contributed by atoms with Gasteiger partial charge in [0.25, 0.3) is 0 Å². The lowest BCUT2D eigenvalue weighted by molar-refractivity contribution is 0.188. The molecule has 6 N–H and O–H groups in total. The summed E-state index contributed by atoms with van der Waals surface area (Å²) in [5.41, 5.74) is 7.72. The summed E-state index contributed by atoms with van der Waals surface area (Å²) in [5, 5.41) is 38.4. The number of aliphatic hydroxyl groups is 4. The molecular formula is C25H44N8O4. The van der Waals surface area contributed by atoms with Crippen LogP contribution in [0.1, 0.15) is 44.2 Å². The molecule has 1 aromatic rings. The Morgan fingerprint density at radius 1 is 0.811 bits per heavy atom. The van der Waals surface area contributed by atoms with Gasteiger partial charge in [0, 0.05) is 52.4 Å². The predicted octanol–water partition coefficient (Wildman–Crippen LogP) is -0.170. The van der Waals surface area contributed by atoms with E-state index >= 15 is 0 Å². The quantitative estimate of drug-likeness (QED) is 0.174. The minimum absolute atomic E-state index is 0.0935. The Balaban J connectivity index is 2.16. The number of nitrogens with two attached hydrogens (primary N) is 1. The van der Waals surface area contributed by atoms with Gasteiger partial charge in [0.15, 0.2) is 11.7 Å². The maximum absolute atomic E-state index is 9.66. The van der Waals surface area contributed by atoms with Gasteiger partial charge in [-0.1, -0.05) is 6.58 Å². The molecule has 12 nitrogen and oxygen atoms in total. The number of nitrogens with zero attached hydrogens (tertiary/aromatic N) is 7. The van der Waals surface area contributed by atoms with E-state index in [1.54, 1.807) is 9.80 Å². The molecule has 0 aromatic carbocycles. The lowest BCUT2D eigenvalue weighted by Crippen LogP contribution is -2.40. The first-order chi connectivity index (χ1) is 18.0. The maximum Gasteiger partial charge on any atom is 0.228 e. The Morgan fingerprint density at radius 2 is 1.35 bits per heavy atom. The van der Waals surface area contributed by atoms with Gasteiger partial charge in [-0.2, -0.15) is 4.98 Å². The highest BCUT2D eigenvalue weighted by Gasteiger charge is 2.27. The number of anilines is 3. The summed E-state index contributed by atoms with van der Waals surface area (Å²) in [5.74, 6) is 2.01. The minimum atomic E-state index is -0.108. The third-order valence-corrected chi connectivity index (χ3v) is 6.80. The molecule has 0 spiro atoms. The van der Waals surface area contributed by atoms with Crippen LogP contribution in [0.4, 0.5) is 17.5 Å². The first-order valence-electron chi connectivity index (χ1n) is 13.4. The molecule has 0 amide bonds. The van der Waals surface area contributed by atoms with Crippen LogP contribution in [0.2, 0.25) is 0 Å². The molecule has 3 rings (SSSR count). The number of aliphatic imine (C=N–C) groups is 1. The number of piperidine rings is 2. The van der Waals surface area contributed by atoms with Crippen molar-refractivity contribution in [3.05, 3.63) is 18.1 Å². The molecule has 2 aliphatic rings.